The van der Waals surface area contributed by atoms with Crippen LogP contribution in [0.3, 0.4) is 0 Å². The lowest BCUT2D eigenvalue weighted by molar-refractivity contribution is 0.998. The van der Waals surface area contributed by atoms with E-state index >= 15 is 0 Å². The standard InChI is InChI=1S/C12H11N5S.C6H5ClN4S/c1-18-12-16-10-9(13-7-14-10)11(17-12)15-8-5-3-2-4-6-8;1-12-6-10-4(7)3-5(11-6)9-2-8-3/h2-7H,1H3,(H2,13,14,15,16,17);2H,1H3,(H,8,9,10,11). The van der Waals surface area contributed by atoms with Gasteiger partial charge in [0.25, 0.3) is 0 Å². The number of para-hydroxylation sites is 1. The molecule has 0 spiro atoms. The van der Waals surface area contributed by atoms with Crippen LogP contribution in [-0.2, 0) is 0 Å². The van der Waals surface area contributed by atoms with Gasteiger partial charge in [0, 0.05) is 5.69 Å². The van der Waals surface area contributed by atoms with E-state index < -0.39 is 0 Å². The maximum atomic E-state index is 5.85. The molecule has 0 aliphatic heterocycles. The molecule has 0 atom stereocenters. The third-order valence-electron chi connectivity index (χ3n) is 3.89. The summed E-state index contributed by atoms with van der Waals surface area (Å²) in [5.74, 6) is 0.744. The molecule has 0 radical (unpaired) electrons. The summed E-state index contributed by atoms with van der Waals surface area (Å²) in [5.41, 5.74) is 3.78. The molecule has 5 rings (SSSR count). The second-order valence-corrected chi connectivity index (χ2v) is 7.66. The highest BCUT2D eigenvalue weighted by molar-refractivity contribution is 7.98. The Balaban J connectivity index is 0.000000158. The molecule has 0 aliphatic rings. The van der Waals surface area contributed by atoms with E-state index in [0.29, 0.717) is 32.3 Å². The molecule has 0 fully saturated rings. The lowest BCUT2D eigenvalue weighted by Crippen LogP contribution is -1.98. The summed E-state index contributed by atoms with van der Waals surface area (Å²) in [4.78, 5) is 31.0. The zero-order valence-electron chi connectivity index (χ0n) is 15.9. The fourth-order valence-corrected chi connectivity index (χ4v) is 3.51. The van der Waals surface area contributed by atoms with Crippen molar-refractivity contribution in [2.45, 2.75) is 10.3 Å². The van der Waals surface area contributed by atoms with Gasteiger partial charge in [0.1, 0.15) is 11.0 Å². The molecule has 5 aromatic rings. The summed E-state index contributed by atoms with van der Waals surface area (Å²) in [6.07, 6.45) is 7.01. The van der Waals surface area contributed by atoms with Gasteiger partial charge in [-0.1, -0.05) is 53.3 Å². The molecule has 152 valence electrons. The monoisotopic (exact) mass is 457 g/mol. The number of hydrogen-bond acceptors (Lipinski definition) is 9. The van der Waals surface area contributed by atoms with Gasteiger partial charge in [-0.2, -0.15) is 0 Å². The van der Waals surface area contributed by atoms with Crippen molar-refractivity contribution in [1.82, 2.24) is 39.9 Å². The summed E-state index contributed by atoms with van der Waals surface area (Å²) in [7, 11) is 0. The van der Waals surface area contributed by atoms with E-state index in [-0.39, 0.29) is 0 Å². The van der Waals surface area contributed by atoms with Gasteiger partial charge in [0.2, 0.25) is 0 Å². The number of H-pyrrole nitrogens is 2. The van der Waals surface area contributed by atoms with Crippen molar-refractivity contribution in [2.75, 3.05) is 17.8 Å². The summed E-state index contributed by atoms with van der Waals surface area (Å²) >= 11 is 8.78. The van der Waals surface area contributed by atoms with Gasteiger partial charge in [0.15, 0.2) is 32.6 Å². The Morgan fingerprint density at radius 2 is 1.40 bits per heavy atom. The molecule has 30 heavy (non-hydrogen) atoms. The number of hydrogen-bond donors (Lipinski definition) is 3. The van der Waals surface area contributed by atoms with E-state index in [1.807, 2.05) is 42.8 Å². The van der Waals surface area contributed by atoms with Crippen LogP contribution >= 0.6 is 35.1 Å². The van der Waals surface area contributed by atoms with Crippen LogP contribution in [0.25, 0.3) is 22.3 Å². The van der Waals surface area contributed by atoms with Crippen molar-refractivity contribution in [1.29, 1.82) is 0 Å². The lowest BCUT2D eigenvalue weighted by Gasteiger charge is -2.07. The first kappa shape index (κ1) is 20.4. The van der Waals surface area contributed by atoms with E-state index in [1.54, 1.807) is 12.7 Å². The minimum atomic E-state index is 0.418. The number of nitrogens with one attached hydrogen (secondary N) is 3. The summed E-state index contributed by atoms with van der Waals surface area (Å²) in [6.45, 7) is 0. The molecule has 0 bridgehead atoms. The Hall–Kier alpha value is -2.89. The van der Waals surface area contributed by atoms with Crippen LogP contribution in [0.5, 0.6) is 0 Å². The molecule has 4 heterocycles. The van der Waals surface area contributed by atoms with Crippen molar-refractivity contribution in [3.8, 4) is 0 Å². The van der Waals surface area contributed by atoms with Gasteiger partial charge >= 0.3 is 0 Å². The van der Waals surface area contributed by atoms with Gasteiger partial charge in [-0.15, -0.1) is 0 Å². The van der Waals surface area contributed by atoms with Crippen LogP contribution in [0.4, 0.5) is 11.5 Å². The highest BCUT2D eigenvalue weighted by atomic mass is 35.5. The fraction of sp³-hybridized carbons (Fsp3) is 0.111. The quantitative estimate of drug-likeness (QED) is 0.203. The van der Waals surface area contributed by atoms with Crippen molar-refractivity contribution < 1.29 is 0 Å². The van der Waals surface area contributed by atoms with E-state index in [4.69, 9.17) is 11.6 Å². The van der Waals surface area contributed by atoms with Gasteiger partial charge in [-0.25, -0.2) is 29.9 Å². The molecule has 0 saturated heterocycles. The summed E-state index contributed by atoms with van der Waals surface area (Å²) < 4.78 is 0. The Kier molecular flexibility index (Phi) is 6.31. The molecule has 0 saturated carbocycles. The topological polar surface area (TPSA) is 121 Å². The predicted molar refractivity (Wildman–Crippen MR) is 122 cm³/mol. The number of benzene rings is 1. The first-order valence-corrected chi connectivity index (χ1v) is 11.5. The van der Waals surface area contributed by atoms with Crippen LogP contribution in [0.15, 0.2) is 53.3 Å². The van der Waals surface area contributed by atoms with Crippen molar-refractivity contribution in [2.24, 2.45) is 0 Å². The number of rotatable bonds is 4. The van der Waals surface area contributed by atoms with E-state index in [9.17, 15) is 0 Å². The van der Waals surface area contributed by atoms with Crippen LogP contribution in [0.1, 0.15) is 0 Å². The molecule has 3 N–H and O–H groups in total. The Bertz CT molecular complexity index is 1270. The second-order valence-electron chi connectivity index (χ2n) is 5.75. The third kappa shape index (κ3) is 4.48. The fourth-order valence-electron chi connectivity index (χ4n) is 2.52. The van der Waals surface area contributed by atoms with Crippen LogP contribution < -0.4 is 5.32 Å². The van der Waals surface area contributed by atoms with Crippen molar-refractivity contribution in [3.63, 3.8) is 0 Å². The highest BCUT2D eigenvalue weighted by Crippen LogP contribution is 2.23. The van der Waals surface area contributed by atoms with Gasteiger partial charge < -0.3 is 15.3 Å². The van der Waals surface area contributed by atoms with Crippen LogP contribution in [-0.4, -0.2) is 52.4 Å². The predicted octanol–water partition coefficient (Wildman–Crippen LogP) is 4.55. The molecule has 9 nitrogen and oxygen atoms in total. The average molecular weight is 458 g/mol. The zero-order chi connectivity index (χ0) is 20.9. The van der Waals surface area contributed by atoms with Gasteiger partial charge in [-0.3, -0.25) is 0 Å². The first-order chi connectivity index (χ1) is 14.7. The van der Waals surface area contributed by atoms with Crippen molar-refractivity contribution in [3.05, 3.63) is 48.1 Å². The number of fused-ring (bicyclic) bond motifs is 2. The molecular formula is C18H16ClN9S2. The maximum absolute atomic E-state index is 5.85. The largest absolute Gasteiger partial charge is 0.341 e. The summed E-state index contributed by atoms with van der Waals surface area (Å²) in [6, 6.07) is 9.91. The molecule has 1 aromatic carbocycles. The number of thioether (sulfide) groups is 2. The Morgan fingerprint density at radius 3 is 2.07 bits per heavy atom. The number of imidazole rings is 2. The minimum Gasteiger partial charge on any atom is -0.341 e. The Morgan fingerprint density at radius 1 is 0.800 bits per heavy atom. The smallest absolute Gasteiger partial charge is 0.191 e. The number of anilines is 2. The van der Waals surface area contributed by atoms with E-state index in [2.05, 4.69) is 45.2 Å². The number of nitrogens with zero attached hydrogens (tertiary/aromatic N) is 6. The second kappa shape index (κ2) is 9.28. The molecule has 0 aliphatic carbocycles. The van der Waals surface area contributed by atoms with Gasteiger partial charge in [-0.05, 0) is 24.6 Å². The SMILES string of the molecule is CSc1nc(Cl)c2[nH]cnc2n1.CSc1nc(Nc2ccccc2)c2[nH]cnc2n1. The normalized spacial score (nSPS) is 10.8. The lowest BCUT2D eigenvalue weighted by atomic mass is 10.3. The first-order valence-electron chi connectivity index (χ1n) is 8.65. The summed E-state index contributed by atoms with van der Waals surface area (Å²) in [5, 5.41) is 5.03. The molecular weight excluding hydrogens is 442 g/mol. The highest BCUT2D eigenvalue weighted by Gasteiger charge is 2.09. The third-order valence-corrected chi connectivity index (χ3v) is 5.26. The minimum absolute atomic E-state index is 0.418. The van der Waals surface area contributed by atoms with Crippen LogP contribution in [0, 0.1) is 0 Å². The zero-order valence-corrected chi connectivity index (χ0v) is 18.3. The van der Waals surface area contributed by atoms with E-state index in [0.717, 1.165) is 17.0 Å². The number of halogens is 1. The maximum Gasteiger partial charge on any atom is 0.191 e. The number of aromatic nitrogens is 8. The average Bonchev–Trinajstić information content (AvgIpc) is 3.44. The van der Waals surface area contributed by atoms with E-state index in [1.165, 1.54) is 23.5 Å². The molecule has 4 aromatic heterocycles. The van der Waals surface area contributed by atoms with Crippen LogP contribution in [0.2, 0.25) is 5.15 Å². The Labute approximate surface area is 184 Å². The molecule has 12 heteroatoms. The van der Waals surface area contributed by atoms with Crippen molar-refractivity contribution >= 4 is 69.0 Å². The number of aromatic amines is 2. The van der Waals surface area contributed by atoms with Gasteiger partial charge in [0.05, 0.1) is 12.7 Å². The molecule has 0 amide bonds. The molecule has 0 unspecified atom stereocenters.